The molecule has 230 valence electrons. The molecule has 0 saturated heterocycles. The highest BCUT2D eigenvalue weighted by Gasteiger charge is 2.51. The Hall–Kier alpha value is -4.70. The quantitative estimate of drug-likeness (QED) is 0.131. The van der Waals surface area contributed by atoms with E-state index in [1.165, 1.54) is 44.1 Å². The SMILES string of the molecule is CCOC(=O)c1ccc(-n2c(-c3ccccc3)cc(C=Nc3ccc(C45CC6CC(CC(C6)C4)C5)cc3)c2-c2ccccc2)cc1. The molecule has 0 spiro atoms. The zero-order chi connectivity index (χ0) is 31.1. The van der Waals surface area contributed by atoms with E-state index in [-0.39, 0.29) is 5.97 Å². The summed E-state index contributed by atoms with van der Waals surface area (Å²) in [7, 11) is 0. The highest BCUT2D eigenvalue weighted by atomic mass is 16.5. The molecule has 4 aromatic carbocycles. The van der Waals surface area contributed by atoms with Gasteiger partial charge in [-0.3, -0.25) is 4.99 Å². The number of aliphatic imine (C=N–C) groups is 1. The van der Waals surface area contributed by atoms with E-state index in [9.17, 15) is 4.79 Å². The summed E-state index contributed by atoms with van der Waals surface area (Å²) < 4.78 is 7.52. The van der Waals surface area contributed by atoms with Gasteiger partial charge in [0.25, 0.3) is 0 Å². The third-order valence-electron chi connectivity index (χ3n) is 10.7. The Morgan fingerprint density at radius 1 is 0.783 bits per heavy atom. The summed E-state index contributed by atoms with van der Waals surface area (Å²) in [6, 6.07) is 40.0. The molecule has 4 heteroatoms. The Kier molecular flexibility index (Phi) is 7.44. The molecule has 4 nitrogen and oxygen atoms in total. The van der Waals surface area contributed by atoms with Gasteiger partial charge in [-0.2, -0.15) is 0 Å². The Morgan fingerprint density at radius 2 is 1.37 bits per heavy atom. The molecule has 0 radical (unpaired) electrons. The molecule has 0 unspecified atom stereocenters. The molecule has 4 fully saturated rings. The summed E-state index contributed by atoms with van der Waals surface area (Å²) in [5, 5.41) is 0. The van der Waals surface area contributed by atoms with Gasteiger partial charge in [0.1, 0.15) is 0 Å². The van der Waals surface area contributed by atoms with Crippen LogP contribution in [0.1, 0.15) is 66.9 Å². The van der Waals surface area contributed by atoms with Crippen molar-refractivity contribution in [3.05, 3.63) is 132 Å². The van der Waals surface area contributed by atoms with Crippen LogP contribution in [0, 0.1) is 17.8 Å². The smallest absolute Gasteiger partial charge is 0.338 e. The summed E-state index contributed by atoms with van der Waals surface area (Å²) >= 11 is 0. The van der Waals surface area contributed by atoms with Crippen molar-refractivity contribution in [2.45, 2.75) is 50.9 Å². The van der Waals surface area contributed by atoms with Crippen LogP contribution in [0.3, 0.4) is 0 Å². The minimum atomic E-state index is -0.310. The van der Waals surface area contributed by atoms with Crippen molar-refractivity contribution >= 4 is 17.9 Å². The molecule has 0 atom stereocenters. The molecular weight excluding hydrogens is 564 g/mol. The number of hydrogen-bond donors (Lipinski definition) is 0. The van der Waals surface area contributed by atoms with Gasteiger partial charge < -0.3 is 9.30 Å². The van der Waals surface area contributed by atoms with Crippen LogP contribution >= 0.6 is 0 Å². The Morgan fingerprint density at radius 3 is 1.96 bits per heavy atom. The van der Waals surface area contributed by atoms with Crippen molar-refractivity contribution in [1.82, 2.24) is 4.57 Å². The maximum atomic E-state index is 12.4. The van der Waals surface area contributed by atoms with Gasteiger partial charge in [0, 0.05) is 17.5 Å². The predicted molar refractivity (Wildman–Crippen MR) is 186 cm³/mol. The zero-order valence-corrected chi connectivity index (χ0v) is 26.4. The maximum Gasteiger partial charge on any atom is 0.338 e. The van der Waals surface area contributed by atoms with E-state index in [1.54, 1.807) is 0 Å². The number of nitrogens with zero attached hydrogens (tertiary/aromatic N) is 2. The summed E-state index contributed by atoms with van der Waals surface area (Å²) in [5.41, 5.74) is 9.74. The molecule has 5 aromatic rings. The fraction of sp³-hybridized carbons (Fsp3) is 0.286. The largest absolute Gasteiger partial charge is 0.462 e. The second-order valence-corrected chi connectivity index (χ2v) is 13.7. The maximum absolute atomic E-state index is 12.4. The van der Waals surface area contributed by atoms with Gasteiger partial charge in [-0.05, 0) is 128 Å². The van der Waals surface area contributed by atoms with E-state index in [2.05, 4.69) is 83.4 Å². The molecule has 4 saturated carbocycles. The van der Waals surface area contributed by atoms with Gasteiger partial charge in [-0.1, -0.05) is 72.8 Å². The van der Waals surface area contributed by atoms with Crippen molar-refractivity contribution in [2.24, 2.45) is 22.7 Å². The van der Waals surface area contributed by atoms with Crippen LogP contribution in [-0.2, 0) is 10.2 Å². The molecule has 4 aliphatic rings. The average Bonchev–Trinajstić information content (AvgIpc) is 3.47. The van der Waals surface area contributed by atoms with Crippen LogP contribution in [0.2, 0.25) is 0 Å². The average molecular weight is 605 g/mol. The molecule has 0 N–H and O–H groups in total. The van der Waals surface area contributed by atoms with Crippen molar-refractivity contribution in [1.29, 1.82) is 0 Å². The van der Waals surface area contributed by atoms with Crippen LogP contribution in [0.4, 0.5) is 5.69 Å². The van der Waals surface area contributed by atoms with E-state index >= 15 is 0 Å². The highest BCUT2D eigenvalue weighted by Crippen LogP contribution is 2.60. The van der Waals surface area contributed by atoms with E-state index < -0.39 is 0 Å². The summed E-state index contributed by atoms with van der Waals surface area (Å²) in [6.07, 6.45) is 10.5. The van der Waals surface area contributed by atoms with E-state index in [4.69, 9.17) is 9.73 Å². The van der Waals surface area contributed by atoms with Crippen LogP contribution in [0.5, 0.6) is 0 Å². The number of hydrogen-bond acceptors (Lipinski definition) is 3. The molecule has 0 amide bonds. The van der Waals surface area contributed by atoms with Crippen molar-refractivity contribution in [2.75, 3.05) is 6.61 Å². The first kappa shape index (κ1) is 28.8. The number of benzene rings is 4. The topological polar surface area (TPSA) is 43.6 Å². The van der Waals surface area contributed by atoms with Crippen molar-refractivity contribution in [3.63, 3.8) is 0 Å². The van der Waals surface area contributed by atoms with E-state index in [0.717, 1.165) is 57.2 Å². The lowest BCUT2D eigenvalue weighted by molar-refractivity contribution is -0.00518. The van der Waals surface area contributed by atoms with Crippen LogP contribution in [0.25, 0.3) is 28.2 Å². The number of rotatable bonds is 8. The Bertz CT molecular complexity index is 1830. The fourth-order valence-corrected chi connectivity index (χ4v) is 9.08. The lowest BCUT2D eigenvalue weighted by Gasteiger charge is -2.57. The minimum Gasteiger partial charge on any atom is -0.462 e. The third-order valence-corrected chi connectivity index (χ3v) is 10.7. The normalized spacial score (nSPS) is 23.2. The molecule has 4 aliphatic carbocycles. The molecule has 0 aliphatic heterocycles. The summed E-state index contributed by atoms with van der Waals surface area (Å²) in [4.78, 5) is 17.5. The molecule has 9 rings (SSSR count). The van der Waals surface area contributed by atoms with Gasteiger partial charge in [0.2, 0.25) is 0 Å². The minimum absolute atomic E-state index is 0.310. The van der Waals surface area contributed by atoms with Crippen molar-refractivity contribution in [3.8, 4) is 28.2 Å². The second kappa shape index (κ2) is 11.9. The zero-order valence-electron chi connectivity index (χ0n) is 26.4. The third kappa shape index (κ3) is 5.30. The molecule has 1 heterocycles. The number of carbonyl (C=O) groups excluding carboxylic acids is 1. The molecule has 46 heavy (non-hydrogen) atoms. The first-order valence-electron chi connectivity index (χ1n) is 16.9. The summed E-state index contributed by atoms with van der Waals surface area (Å²) in [6.45, 7) is 2.17. The second-order valence-electron chi connectivity index (χ2n) is 13.7. The number of aromatic nitrogens is 1. The lowest BCUT2D eigenvalue weighted by Crippen LogP contribution is -2.48. The highest BCUT2D eigenvalue weighted by molar-refractivity contribution is 5.95. The van der Waals surface area contributed by atoms with Gasteiger partial charge >= 0.3 is 5.97 Å². The van der Waals surface area contributed by atoms with Crippen molar-refractivity contribution < 1.29 is 9.53 Å². The lowest BCUT2D eigenvalue weighted by atomic mass is 9.48. The fourth-order valence-electron chi connectivity index (χ4n) is 9.08. The first-order valence-corrected chi connectivity index (χ1v) is 16.9. The first-order chi connectivity index (χ1) is 22.6. The molecular formula is C42H40N2O2. The van der Waals surface area contributed by atoms with E-state index in [0.29, 0.717) is 17.6 Å². The van der Waals surface area contributed by atoms with Gasteiger partial charge in [-0.15, -0.1) is 0 Å². The van der Waals surface area contributed by atoms with E-state index in [1.807, 2.05) is 49.5 Å². The predicted octanol–water partition coefficient (Wildman–Crippen LogP) is 10.2. The van der Waals surface area contributed by atoms with Gasteiger partial charge in [-0.25, -0.2) is 4.79 Å². The Labute approximate surface area is 271 Å². The Balaban J connectivity index is 1.19. The standard InChI is InChI=1S/C42H40N2O2/c1-2-46-41(45)34-13-19-38(20-14-34)44-39(32-9-5-3-6-10-32)24-35(40(44)33-11-7-4-8-12-33)28-43-37-17-15-36(16-18-37)42-25-29-21-30(26-42)23-31(22-29)27-42/h3-20,24,28-31H,2,21-23,25-27H2,1H3. The monoisotopic (exact) mass is 604 g/mol. The van der Waals surface area contributed by atoms with Crippen LogP contribution in [-0.4, -0.2) is 23.4 Å². The van der Waals surface area contributed by atoms with Crippen LogP contribution in [0.15, 0.2) is 120 Å². The molecule has 4 bridgehead atoms. The number of ether oxygens (including phenoxy) is 1. The number of carbonyl (C=O) groups is 1. The summed E-state index contributed by atoms with van der Waals surface area (Å²) in [5.74, 6) is 2.49. The van der Waals surface area contributed by atoms with Crippen LogP contribution < -0.4 is 0 Å². The van der Waals surface area contributed by atoms with Gasteiger partial charge in [0.15, 0.2) is 0 Å². The number of esters is 1. The molecule has 1 aromatic heterocycles. The van der Waals surface area contributed by atoms with Gasteiger partial charge in [0.05, 0.1) is 29.2 Å².